The van der Waals surface area contributed by atoms with E-state index in [4.69, 9.17) is 28.3 Å². The molecule has 1 aliphatic carbocycles. The van der Waals surface area contributed by atoms with Gasteiger partial charge in [0.2, 0.25) is 0 Å². The van der Waals surface area contributed by atoms with Gasteiger partial charge < -0.3 is 15.0 Å². The number of nitrogens with two attached hydrogens (primary N) is 1. The highest BCUT2D eigenvalue weighted by Crippen LogP contribution is 2.37. The standard InChI is InChI=1S/C19H21Cl2N5O4S/c20-13-3-11(4-14(21)6-13)8-23-18-16-1-2-26(19(16)25-10-24-18)15-5-12(17(27)7-15)9-30-31(22,28)29/h1-4,6,10,12,15,17,27H,5,7-9H2,(H2,22,28,29)(H,23,24,25). The summed E-state index contributed by atoms with van der Waals surface area (Å²) in [5.41, 5.74) is 1.63. The number of aliphatic hydroxyl groups excluding tert-OH is 1. The number of nitrogens with one attached hydrogen (secondary N) is 1. The van der Waals surface area contributed by atoms with Gasteiger partial charge >= 0.3 is 10.3 Å². The molecule has 12 heteroatoms. The zero-order chi connectivity index (χ0) is 22.2. The van der Waals surface area contributed by atoms with Crippen molar-refractivity contribution >= 4 is 50.4 Å². The fourth-order valence-corrected chi connectivity index (χ4v) is 4.90. The third-order valence-corrected chi connectivity index (χ3v) is 6.26. The molecule has 1 fully saturated rings. The quantitative estimate of drug-likeness (QED) is 0.468. The lowest BCUT2D eigenvalue weighted by atomic mass is 10.1. The van der Waals surface area contributed by atoms with Crippen LogP contribution >= 0.6 is 23.2 Å². The highest BCUT2D eigenvalue weighted by molar-refractivity contribution is 7.84. The maximum absolute atomic E-state index is 11.0. The van der Waals surface area contributed by atoms with E-state index in [1.807, 2.05) is 29.0 Å². The second kappa shape index (κ2) is 8.89. The molecule has 1 aliphatic rings. The van der Waals surface area contributed by atoms with Gasteiger partial charge in [-0.15, -0.1) is 0 Å². The van der Waals surface area contributed by atoms with Crippen LogP contribution in [0, 0.1) is 5.92 Å². The van der Waals surface area contributed by atoms with Crippen LogP contribution in [-0.4, -0.2) is 40.8 Å². The first kappa shape index (κ1) is 22.3. The number of fused-ring (bicyclic) bond motifs is 1. The van der Waals surface area contributed by atoms with Gasteiger partial charge in [0.25, 0.3) is 0 Å². The van der Waals surface area contributed by atoms with Crippen molar-refractivity contribution in [3.05, 3.63) is 52.4 Å². The summed E-state index contributed by atoms with van der Waals surface area (Å²) in [5.74, 6) is 0.320. The van der Waals surface area contributed by atoms with E-state index in [0.717, 1.165) is 10.9 Å². The van der Waals surface area contributed by atoms with E-state index in [9.17, 15) is 13.5 Å². The van der Waals surface area contributed by atoms with Crippen molar-refractivity contribution in [2.45, 2.75) is 31.5 Å². The largest absolute Gasteiger partial charge is 0.393 e. The van der Waals surface area contributed by atoms with Gasteiger partial charge in [0, 0.05) is 34.7 Å². The summed E-state index contributed by atoms with van der Waals surface area (Å²) in [4.78, 5) is 8.75. The van der Waals surface area contributed by atoms with Gasteiger partial charge in [-0.05, 0) is 42.7 Å². The number of hydrogen-bond donors (Lipinski definition) is 3. The number of anilines is 1. The number of hydrogen-bond acceptors (Lipinski definition) is 7. The summed E-state index contributed by atoms with van der Waals surface area (Å²) in [6.07, 6.45) is 3.65. The van der Waals surface area contributed by atoms with Crippen LogP contribution in [0.2, 0.25) is 10.0 Å². The monoisotopic (exact) mass is 485 g/mol. The lowest BCUT2D eigenvalue weighted by molar-refractivity contribution is 0.100. The van der Waals surface area contributed by atoms with Crippen LogP contribution in [0.1, 0.15) is 24.4 Å². The summed E-state index contributed by atoms with van der Waals surface area (Å²) in [7, 11) is -4.04. The van der Waals surface area contributed by atoms with Crippen molar-refractivity contribution in [3.63, 3.8) is 0 Å². The van der Waals surface area contributed by atoms with E-state index in [1.165, 1.54) is 6.33 Å². The van der Waals surface area contributed by atoms with Crippen LogP contribution < -0.4 is 10.5 Å². The lowest BCUT2D eigenvalue weighted by Gasteiger charge is -2.14. The number of halogens is 2. The molecule has 2 aromatic heterocycles. The lowest BCUT2D eigenvalue weighted by Crippen LogP contribution is -2.24. The van der Waals surface area contributed by atoms with Crippen LogP contribution in [0.5, 0.6) is 0 Å². The molecule has 0 amide bonds. The first-order valence-electron chi connectivity index (χ1n) is 9.55. The van der Waals surface area contributed by atoms with Gasteiger partial charge in [0.05, 0.1) is 18.1 Å². The molecule has 2 heterocycles. The number of aliphatic hydroxyl groups is 1. The van der Waals surface area contributed by atoms with Gasteiger partial charge in [-0.2, -0.15) is 8.42 Å². The summed E-state index contributed by atoms with van der Waals surface area (Å²) in [5, 5.41) is 20.5. The van der Waals surface area contributed by atoms with E-state index >= 15 is 0 Å². The van der Waals surface area contributed by atoms with Crippen molar-refractivity contribution < 1.29 is 17.7 Å². The maximum Gasteiger partial charge on any atom is 0.333 e. The Balaban J connectivity index is 1.51. The normalized spacial score (nSPS) is 21.6. The van der Waals surface area contributed by atoms with Gasteiger partial charge in [-0.3, -0.25) is 4.18 Å². The Bertz CT molecular complexity index is 1180. The second-order valence-electron chi connectivity index (χ2n) is 7.54. The predicted molar refractivity (Wildman–Crippen MR) is 118 cm³/mol. The van der Waals surface area contributed by atoms with E-state index in [2.05, 4.69) is 19.5 Å². The van der Waals surface area contributed by atoms with Crippen molar-refractivity contribution in [2.75, 3.05) is 11.9 Å². The molecule has 3 atom stereocenters. The molecule has 0 bridgehead atoms. The first-order chi connectivity index (χ1) is 14.7. The topological polar surface area (TPSA) is 132 Å². The van der Waals surface area contributed by atoms with Crippen LogP contribution in [0.4, 0.5) is 5.82 Å². The summed E-state index contributed by atoms with van der Waals surface area (Å²) < 4.78 is 28.7. The molecular formula is C19H21Cl2N5O4S. The Morgan fingerprint density at radius 1 is 1.23 bits per heavy atom. The van der Waals surface area contributed by atoms with E-state index in [-0.39, 0.29) is 18.6 Å². The molecule has 4 rings (SSSR count). The average molecular weight is 486 g/mol. The Hall–Kier alpha value is -1.95. The van der Waals surface area contributed by atoms with E-state index in [1.54, 1.807) is 6.07 Å². The molecule has 4 N–H and O–H groups in total. The molecule has 1 saturated carbocycles. The Morgan fingerprint density at radius 2 is 1.97 bits per heavy atom. The minimum absolute atomic E-state index is 0.0592. The zero-order valence-electron chi connectivity index (χ0n) is 16.3. The molecule has 0 spiro atoms. The molecule has 3 aromatic rings. The fraction of sp³-hybridized carbons (Fsp3) is 0.368. The van der Waals surface area contributed by atoms with Gasteiger partial charge in [0.1, 0.15) is 17.8 Å². The molecule has 9 nitrogen and oxygen atoms in total. The van der Waals surface area contributed by atoms with E-state index < -0.39 is 16.4 Å². The second-order valence-corrected chi connectivity index (χ2v) is 9.64. The molecule has 0 radical (unpaired) electrons. The molecule has 0 saturated heterocycles. The molecule has 1 aromatic carbocycles. The number of nitrogens with zero attached hydrogens (tertiary/aromatic N) is 3. The fourth-order valence-electron chi connectivity index (χ4n) is 3.97. The number of benzene rings is 1. The SMILES string of the molecule is NS(=O)(=O)OCC1CC(n2ccc3c(NCc4cc(Cl)cc(Cl)c4)ncnc32)CC1O. The molecule has 166 valence electrons. The van der Waals surface area contributed by atoms with Crippen molar-refractivity contribution in [3.8, 4) is 0 Å². The van der Waals surface area contributed by atoms with Crippen molar-refractivity contribution in [1.29, 1.82) is 0 Å². The number of rotatable bonds is 7. The van der Waals surface area contributed by atoms with Gasteiger partial charge in [-0.25, -0.2) is 15.1 Å². The predicted octanol–water partition coefficient (Wildman–Crippen LogP) is 2.88. The summed E-state index contributed by atoms with van der Waals surface area (Å²) in [6, 6.07) is 7.17. The third-order valence-electron chi connectivity index (χ3n) is 5.36. The number of aromatic nitrogens is 3. The Morgan fingerprint density at radius 3 is 2.68 bits per heavy atom. The first-order valence-corrected chi connectivity index (χ1v) is 11.8. The van der Waals surface area contributed by atoms with Crippen LogP contribution in [0.3, 0.4) is 0 Å². The highest BCUT2D eigenvalue weighted by atomic mass is 35.5. The van der Waals surface area contributed by atoms with Crippen LogP contribution in [0.15, 0.2) is 36.8 Å². The third kappa shape index (κ3) is 5.28. The molecule has 31 heavy (non-hydrogen) atoms. The Labute approximate surface area is 189 Å². The van der Waals surface area contributed by atoms with Crippen molar-refractivity contribution in [1.82, 2.24) is 14.5 Å². The minimum atomic E-state index is -4.04. The maximum atomic E-state index is 11.0. The minimum Gasteiger partial charge on any atom is -0.393 e. The molecule has 0 aliphatic heterocycles. The summed E-state index contributed by atoms with van der Waals surface area (Å²) in [6.45, 7) is 0.326. The average Bonchev–Trinajstić information content (AvgIpc) is 3.27. The van der Waals surface area contributed by atoms with Gasteiger partial charge in [-0.1, -0.05) is 23.2 Å². The summed E-state index contributed by atoms with van der Waals surface area (Å²) >= 11 is 12.1. The van der Waals surface area contributed by atoms with Crippen molar-refractivity contribution in [2.24, 2.45) is 11.1 Å². The van der Waals surface area contributed by atoms with Gasteiger partial charge in [0.15, 0.2) is 0 Å². The van der Waals surface area contributed by atoms with E-state index in [0.29, 0.717) is 40.9 Å². The molecule has 3 unspecified atom stereocenters. The zero-order valence-corrected chi connectivity index (χ0v) is 18.6. The smallest absolute Gasteiger partial charge is 0.333 e. The van der Waals surface area contributed by atoms with Crippen LogP contribution in [0.25, 0.3) is 11.0 Å². The van der Waals surface area contributed by atoms with Crippen LogP contribution in [-0.2, 0) is 21.0 Å². The highest BCUT2D eigenvalue weighted by Gasteiger charge is 2.35. The molecular weight excluding hydrogens is 465 g/mol. The Kier molecular flexibility index (Phi) is 6.38.